The maximum Gasteiger partial charge on any atom is 0.231 e. The Balaban J connectivity index is 1.28. The normalized spacial score (nSPS) is 10.8. The van der Waals surface area contributed by atoms with Crippen molar-refractivity contribution < 1.29 is 4.79 Å². The van der Waals surface area contributed by atoms with Crippen LogP contribution in [-0.2, 0) is 17.0 Å². The maximum absolute atomic E-state index is 12.3. The lowest BCUT2D eigenvalue weighted by molar-refractivity contribution is -0.115. The molecule has 4 aromatic rings. The molecule has 0 spiro atoms. The minimum Gasteiger partial charge on any atom is -0.330 e. The zero-order valence-electron chi connectivity index (χ0n) is 18.0. The predicted octanol–water partition coefficient (Wildman–Crippen LogP) is 6.14. The van der Waals surface area contributed by atoms with E-state index >= 15 is 0 Å². The van der Waals surface area contributed by atoms with Crippen LogP contribution in [0.25, 0.3) is 0 Å². The van der Waals surface area contributed by atoms with Gasteiger partial charge in [-0.15, -0.1) is 21.5 Å². The number of nitrogens with zero attached hydrogens (tertiary/aromatic N) is 3. The maximum atomic E-state index is 12.3. The molecule has 2 aromatic carbocycles. The second-order valence-corrected chi connectivity index (χ2v) is 10.5. The van der Waals surface area contributed by atoms with Gasteiger partial charge in [0, 0.05) is 22.5 Å². The van der Waals surface area contributed by atoms with Crippen molar-refractivity contribution in [1.82, 2.24) is 15.2 Å². The van der Waals surface area contributed by atoms with E-state index in [2.05, 4.69) is 51.8 Å². The number of thioether (sulfide) groups is 1. The zero-order valence-corrected chi connectivity index (χ0v) is 20.5. The first kappa shape index (κ1) is 22.4. The summed E-state index contributed by atoms with van der Waals surface area (Å²) in [6.07, 6.45) is 0.270. The fraction of sp³-hybridized carbons (Fsp3) is 0.217. The number of carbonyl (C=O) groups is 1. The molecule has 0 aliphatic rings. The molecule has 6 nitrogen and oxygen atoms in total. The monoisotopic (exact) mass is 481 g/mol. The number of amides is 1. The minimum atomic E-state index is -0.0564. The number of hydrogen-bond acceptors (Lipinski definition) is 8. The Hall–Kier alpha value is -2.75. The number of anilines is 3. The lowest BCUT2D eigenvalue weighted by Crippen LogP contribution is -2.15. The highest BCUT2D eigenvalue weighted by atomic mass is 32.2. The van der Waals surface area contributed by atoms with Crippen LogP contribution >= 0.6 is 34.4 Å². The van der Waals surface area contributed by atoms with E-state index in [1.54, 1.807) is 11.8 Å². The molecular formula is C23H23N5OS3. The van der Waals surface area contributed by atoms with Gasteiger partial charge in [0.1, 0.15) is 5.01 Å². The molecule has 4 rings (SSSR count). The Kier molecular flexibility index (Phi) is 7.19. The van der Waals surface area contributed by atoms with Gasteiger partial charge in [0.15, 0.2) is 4.34 Å². The molecule has 1 amide bonds. The van der Waals surface area contributed by atoms with Gasteiger partial charge in [0.25, 0.3) is 0 Å². The zero-order chi connectivity index (χ0) is 22.5. The Labute approximate surface area is 199 Å². The van der Waals surface area contributed by atoms with Crippen LogP contribution in [0.2, 0.25) is 0 Å². The summed E-state index contributed by atoms with van der Waals surface area (Å²) < 4.78 is 0.878. The average molecular weight is 482 g/mol. The van der Waals surface area contributed by atoms with E-state index in [0.29, 0.717) is 5.75 Å². The number of nitrogens with one attached hydrogen (secondary N) is 2. The number of aromatic nitrogens is 3. The van der Waals surface area contributed by atoms with Crippen LogP contribution in [0.4, 0.5) is 16.5 Å². The summed E-state index contributed by atoms with van der Waals surface area (Å²) in [6, 6.07) is 14.0. The number of hydrogen-bond donors (Lipinski definition) is 2. The van der Waals surface area contributed by atoms with Crippen molar-refractivity contribution in [1.29, 1.82) is 0 Å². The van der Waals surface area contributed by atoms with E-state index in [1.165, 1.54) is 33.8 Å². The second kappa shape index (κ2) is 10.2. The van der Waals surface area contributed by atoms with Crippen molar-refractivity contribution in [2.75, 3.05) is 10.6 Å². The summed E-state index contributed by atoms with van der Waals surface area (Å²) in [7, 11) is 0. The summed E-state index contributed by atoms with van der Waals surface area (Å²) in [5, 5.41) is 18.3. The highest BCUT2D eigenvalue weighted by Gasteiger charge is 2.11. The Bertz CT molecular complexity index is 1230. The number of para-hydroxylation sites is 1. The Morgan fingerprint density at radius 1 is 1.03 bits per heavy atom. The van der Waals surface area contributed by atoms with Crippen LogP contribution < -0.4 is 10.6 Å². The standard InChI is InChI=1S/C23H23N5OS3/c1-14-8-9-17(10-16(14)3)25-22-27-28-23(32-22)31-13-18-12-30-21(24-18)11-20(29)26-19-7-5-4-6-15(19)2/h4-10,12H,11,13H2,1-3H3,(H,25,27)(H,26,29). The first-order chi connectivity index (χ1) is 15.5. The van der Waals surface area contributed by atoms with E-state index in [0.717, 1.165) is 37.1 Å². The Morgan fingerprint density at radius 2 is 1.88 bits per heavy atom. The highest BCUT2D eigenvalue weighted by molar-refractivity contribution is 8.00. The Morgan fingerprint density at radius 3 is 2.69 bits per heavy atom. The molecule has 0 aliphatic heterocycles. The molecule has 0 unspecified atom stereocenters. The van der Waals surface area contributed by atoms with Gasteiger partial charge in [0.2, 0.25) is 11.0 Å². The summed E-state index contributed by atoms with van der Waals surface area (Å²) in [6.45, 7) is 6.17. The fourth-order valence-electron chi connectivity index (χ4n) is 2.94. The molecular weight excluding hydrogens is 458 g/mol. The van der Waals surface area contributed by atoms with Crippen LogP contribution in [0, 0.1) is 20.8 Å². The lowest BCUT2D eigenvalue weighted by atomic mass is 10.1. The molecule has 0 saturated carbocycles. The summed E-state index contributed by atoms with van der Waals surface area (Å²) in [5.74, 6) is 0.632. The van der Waals surface area contributed by atoms with Crippen LogP contribution in [-0.4, -0.2) is 21.1 Å². The second-order valence-electron chi connectivity index (χ2n) is 7.36. The molecule has 0 bridgehead atoms. The molecule has 32 heavy (non-hydrogen) atoms. The quantitative estimate of drug-likeness (QED) is 0.294. The summed E-state index contributed by atoms with van der Waals surface area (Å²) in [5.41, 5.74) is 6.33. The number of carbonyl (C=O) groups excluding carboxylic acids is 1. The van der Waals surface area contributed by atoms with Crippen molar-refractivity contribution in [3.63, 3.8) is 0 Å². The summed E-state index contributed by atoms with van der Waals surface area (Å²) >= 11 is 4.62. The van der Waals surface area contributed by atoms with Gasteiger partial charge >= 0.3 is 0 Å². The topological polar surface area (TPSA) is 79.8 Å². The molecule has 0 atom stereocenters. The fourth-order valence-corrected chi connectivity index (χ4v) is 5.50. The smallest absolute Gasteiger partial charge is 0.231 e. The van der Waals surface area contributed by atoms with Gasteiger partial charge in [-0.3, -0.25) is 4.79 Å². The van der Waals surface area contributed by atoms with Gasteiger partial charge in [0.05, 0.1) is 12.1 Å². The first-order valence-corrected chi connectivity index (χ1v) is 12.7. The van der Waals surface area contributed by atoms with Crippen LogP contribution in [0.1, 0.15) is 27.4 Å². The first-order valence-electron chi connectivity index (χ1n) is 10.1. The average Bonchev–Trinajstić information content (AvgIpc) is 3.40. The number of benzene rings is 2. The molecule has 164 valence electrons. The number of aryl methyl sites for hydroxylation is 3. The van der Waals surface area contributed by atoms with Crippen LogP contribution in [0.3, 0.4) is 0 Å². The summed E-state index contributed by atoms with van der Waals surface area (Å²) in [4.78, 5) is 16.9. The number of thiazole rings is 1. The third kappa shape index (κ3) is 5.93. The molecule has 2 aromatic heterocycles. The molecule has 0 fully saturated rings. The van der Waals surface area contributed by atoms with Crippen molar-refractivity contribution >= 4 is 56.8 Å². The van der Waals surface area contributed by atoms with Gasteiger partial charge in [-0.1, -0.05) is 47.4 Å². The van der Waals surface area contributed by atoms with E-state index < -0.39 is 0 Å². The van der Waals surface area contributed by atoms with Crippen LogP contribution in [0.5, 0.6) is 0 Å². The molecule has 9 heteroatoms. The third-order valence-corrected chi connectivity index (χ3v) is 7.74. The van der Waals surface area contributed by atoms with E-state index in [9.17, 15) is 4.79 Å². The van der Waals surface area contributed by atoms with E-state index in [1.807, 2.05) is 42.6 Å². The number of rotatable bonds is 8. The van der Waals surface area contributed by atoms with Gasteiger partial charge in [-0.2, -0.15) is 0 Å². The van der Waals surface area contributed by atoms with Gasteiger partial charge < -0.3 is 10.6 Å². The largest absolute Gasteiger partial charge is 0.330 e. The van der Waals surface area contributed by atoms with Crippen LogP contribution in [0.15, 0.2) is 52.2 Å². The molecule has 0 saturated heterocycles. The van der Waals surface area contributed by atoms with Crippen molar-refractivity contribution in [3.8, 4) is 0 Å². The predicted molar refractivity (Wildman–Crippen MR) is 134 cm³/mol. The molecule has 0 radical (unpaired) electrons. The van der Waals surface area contributed by atoms with Crippen molar-refractivity contribution in [2.24, 2.45) is 0 Å². The van der Waals surface area contributed by atoms with Gasteiger partial charge in [-0.05, 0) is 55.7 Å². The van der Waals surface area contributed by atoms with E-state index in [-0.39, 0.29) is 12.3 Å². The van der Waals surface area contributed by atoms with E-state index in [4.69, 9.17) is 0 Å². The highest BCUT2D eigenvalue weighted by Crippen LogP contribution is 2.30. The molecule has 2 N–H and O–H groups in total. The SMILES string of the molecule is Cc1ccc(Nc2nnc(SCc3csc(CC(=O)Nc4ccccc4C)n3)s2)cc1C. The molecule has 0 aliphatic carbocycles. The minimum absolute atomic E-state index is 0.0564. The van der Waals surface area contributed by atoms with Crippen molar-refractivity contribution in [2.45, 2.75) is 37.3 Å². The molecule has 2 heterocycles. The third-order valence-electron chi connectivity index (χ3n) is 4.84. The van der Waals surface area contributed by atoms with Gasteiger partial charge in [-0.25, -0.2) is 4.98 Å². The lowest BCUT2D eigenvalue weighted by Gasteiger charge is -2.06. The van der Waals surface area contributed by atoms with Crippen molar-refractivity contribution in [3.05, 3.63) is 75.2 Å².